The zero-order chi connectivity index (χ0) is 15.4. The molecule has 4 heteroatoms. The Morgan fingerprint density at radius 1 is 1.09 bits per heavy atom. The molecule has 1 aromatic carbocycles. The van der Waals surface area contributed by atoms with E-state index in [0.29, 0.717) is 0 Å². The number of nitrogens with zero attached hydrogens (tertiary/aromatic N) is 2. The Labute approximate surface area is 134 Å². The molecule has 2 fully saturated rings. The van der Waals surface area contributed by atoms with Gasteiger partial charge in [0.25, 0.3) is 0 Å². The van der Waals surface area contributed by atoms with Crippen molar-refractivity contribution in [3.05, 3.63) is 18.2 Å². The zero-order valence-electron chi connectivity index (χ0n) is 13.8. The largest absolute Gasteiger partial charge is 0.492 e. The highest BCUT2D eigenvalue weighted by molar-refractivity contribution is 5.70. The molecule has 2 aliphatic rings. The number of hydrogen-bond acceptors (Lipinski definition) is 4. The minimum Gasteiger partial charge on any atom is -0.492 e. The van der Waals surface area contributed by atoms with E-state index in [1.54, 1.807) is 7.11 Å². The number of ether oxygens (including phenoxy) is 1. The fourth-order valence-electron chi connectivity index (χ4n) is 3.92. The quantitative estimate of drug-likeness (QED) is 0.868. The smallest absolute Gasteiger partial charge is 0.165 e. The molecule has 0 aromatic heterocycles. The van der Waals surface area contributed by atoms with Crippen molar-refractivity contribution < 1.29 is 4.74 Å². The number of nitrogen functional groups attached to an aromatic ring is 1. The van der Waals surface area contributed by atoms with Crippen LogP contribution in [-0.4, -0.2) is 44.7 Å². The lowest BCUT2D eigenvalue weighted by Crippen LogP contribution is -2.48. The monoisotopic (exact) mass is 303 g/mol. The van der Waals surface area contributed by atoms with Crippen LogP contribution in [0.3, 0.4) is 0 Å². The summed E-state index contributed by atoms with van der Waals surface area (Å²) in [6.07, 6.45) is 7.18. The molecule has 0 bridgehead atoms. The number of hydrogen-bond donors (Lipinski definition) is 1. The average Bonchev–Trinajstić information content (AvgIpc) is 2.56. The predicted octanol–water partition coefficient (Wildman–Crippen LogP) is 2.98. The molecule has 4 nitrogen and oxygen atoms in total. The Morgan fingerprint density at radius 2 is 1.82 bits per heavy atom. The average molecular weight is 303 g/mol. The van der Waals surface area contributed by atoms with Crippen molar-refractivity contribution in [2.24, 2.45) is 5.92 Å². The van der Waals surface area contributed by atoms with Crippen LogP contribution in [0.4, 0.5) is 11.4 Å². The highest BCUT2D eigenvalue weighted by Gasteiger charge is 2.23. The van der Waals surface area contributed by atoms with Gasteiger partial charge in [0.1, 0.15) is 0 Å². The maximum Gasteiger partial charge on any atom is 0.165 e. The Kier molecular flexibility index (Phi) is 5.08. The van der Waals surface area contributed by atoms with Gasteiger partial charge in [-0.25, -0.2) is 0 Å². The topological polar surface area (TPSA) is 41.7 Å². The molecular formula is C18H29N3O. The van der Waals surface area contributed by atoms with Crippen LogP contribution in [0.2, 0.25) is 0 Å². The van der Waals surface area contributed by atoms with Crippen molar-refractivity contribution in [1.29, 1.82) is 0 Å². The van der Waals surface area contributed by atoms with Gasteiger partial charge in [0, 0.05) is 32.7 Å². The third-order valence-corrected chi connectivity index (χ3v) is 5.18. The van der Waals surface area contributed by atoms with Crippen LogP contribution in [-0.2, 0) is 0 Å². The zero-order valence-corrected chi connectivity index (χ0v) is 13.8. The molecule has 122 valence electrons. The van der Waals surface area contributed by atoms with Crippen LogP contribution in [0, 0.1) is 5.92 Å². The third kappa shape index (κ3) is 3.49. The Bertz CT molecular complexity index is 477. The minimum atomic E-state index is 0.727. The lowest BCUT2D eigenvalue weighted by atomic mass is 9.89. The molecule has 0 atom stereocenters. The fraction of sp³-hybridized carbons (Fsp3) is 0.667. The maximum atomic E-state index is 6.03. The van der Waals surface area contributed by atoms with Crippen molar-refractivity contribution in [2.45, 2.75) is 32.1 Å². The number of anilines is 2. The molecule has 2 N–H and O–H groups in total. The van der Waals surface area contributed by atoms with Gasteiger partial charge >= 0.3 is 0 Å². The van der Waals surface area contributed by atoms with Gasteiger partial charge in [-0.15, -0.1) is 0 Å². The lowest BCUT2D eigenvalue weighted by molar-refractivity contribution is 0.192. The van der Waals surface area contributed by atoms with Crippen molar-refractivity contribution in [3.8, 4) is 5.75 Å². The van der Waals surface area contributed by atoms with Crippen molar-refractivity contribution in [3.63, 3.8) is 0 Å². The van der Waals surface area contributed by atoms with Gasteiger partial charge in [-0.05, 0) is 30.9 Å². The second-order valence-corrected chi connectivity index (χ2v) is 6.69. The van der Waals surface area contributed by atoms with Gasteiger partial charge in [0.15, 0.2) is 5.75 Å². The van der Waals surface area contributed by atoms with Crippen LogP contribution < -0.4 is 15.4 Å². The molecule has 0 unspecified atom stereocenters. The minimum absolute atomic E-state index is 0.727. The molecule has 1 saturated heterocycles. The number of nitrogens with two attached hydrogens (primary N) is 1. The van der Waals surface area contributed by atoms with Gasteiger partial charge in [0.05, 0.1) is 18.5 Å². The van der Waals surface area contributed by atoms with Crippen molar-refractivity contribution >= 4 is 11.4 Å². The summed E-state index contributed by atoms with van der Waals surface area (Å²) in [4.78, 5) is 5.05. The first kappa shape index (κ1) is 15.5. The first-order chi connectivity index (χ1) is 10.8. The highest BCUT2D eigenvalue weighted by atomic mass is 16.5. The fourth-order valence-corrected chi connectivity index (χ4v) is 3.92. The molecule has 22 heavy (non-hydrogen) atoms. The van der Waals surface area contributed by atoms with E-state index < -0.39 is 0 Å². The standard InChI is InChI=1S/C18H29N3O/c1-22-18-16(19)8-5-9-17(18)21-12-10-20(11-13-21)14-15-6-3-2-4-7-15/h5,8-9,15H,2-4,6-7,10-14,19H2,1H3. The van der Waals surface area contributed by atoms with Gasteiger partial charge < -0.3 is 15.4 Å². The summed E-state index contributed by atoms with van der Waals surface area (Å²) >= 11 is 0. The molecule has 0 spiro atoms. The maximum absolute atomic E-state index is 6.03. The summed E-state index contributed by atoms with van der Waals surface area (Å²) in [6.45, 7) is 5.71. The van der Waals surface area contributed by atoms with E-state index >= 15 is 0 Å². The van der Waals surface area contributed by atoms with E-state index in [2.05, 4.69) is 15.9 Å². The SMILES string of the molecule is COc1c(N)cccc1N1CCN(CC2CCCCC2)CC1. The van der Waals surface area contributed by atoms with E-state index in [1.165, 1.54) is 38.6 Å². The molecule has 1 aliphatic heterocycles. The van der Waals surface area contributed by atoms with Gasteiger partial charge in [-0.2, -0.15) is 0 Å². The van der Waals surface area contributed by atoms with Gasteiger partial charge in [-0.1, -0.05) is 25.3 Å². The molecule has 1 saturated carbocycles. The summed E-state index contributed by atoms with van der Waals surface area (Å²) < 4.78 is 5.50. The Morgan fingerprint density at radius 3 is 2.50 bits per heavy atom. The second kappa shape index (κ2) is 7.23. The Hall–Kier alpha value is -1.42. The van der Waals surface area contributed by atoms with Crippen LogP contribution in [0.1, 0.15) is 32.1 Å². The van der Waals surface area contributed by atoms with Crippen LogP contribution in [0.5, 0.6) is 5.75 Å². The number of rotatable bonds is 4. The van der Waals surface area contributed by atoms with E-state index in [4.69, 9.17) is 10.5 Å². The molecule has 1 aromatic rings. The van der Waals surface area contributed by atoms with Gasteiger partial charge in [-0.3, -0.25) is 4.90 Å². The van der Waals surface area contributed by atoms with Gasteiger partial charge in [0.2, 0.25) is 0 Å². The van der Waals surface area contributed by atoms with Crippen LogP contribution in [0.15, 0.2) is 18.2 Å². The Balaban J connectivity index is 1.56. The molecule has 0 radical (unpaired) electrons. The first-order valence-electron chi connectivity index (χ1n) is 8.67. The molecule has 0 amide bonds. The predicted molar refractivity (Wildman–Crippen MR) is 92.6 cm³/mol. The number of piperazine rings is 1. The number of benzene rings is 1. The summed E-state index contributed by atoms with van der Waals surface area (Å²) in [5, 5.41) is 0. The summed E-state index contributed by atoms with van der Waals surface area (Å²) in [6, 6.07) is 6.04. The van der Waals surface area contributed by atoms with E-state index in [0.717, 1.165) is 49.2 Å². The molecule has 1 aliphatic carbocycles. The summed E-state index contributed by atoms with van der Waals surface area (Å²) in [5.41, 5.74) is 7.89. The molecule has 3 rings (SSSR count). The normalized spacial score (nSPS) is 21.0. The second-order valence-electron chi connectivity index (χ2n) is 6.69. The van der Waals surface area contributed by atoms with E-state index in [-0.39, 0.29) is 0 Å². The summed E-state index contributed by atoms with van der Waals surface area (Å²) in [7, 11) is 1.70. The van der Waals surface area contributed by atoms with Crippen molar-refractivity contribution in [2.75, 3.05) is 50.5 Å². The molecular weight excluding hydrogens is 274 g/mol. The highest BCUT2D eigenvalue weighted by Crippen LogP contribution is 2.34. The number of para-hydroxylation sites is 1. The number of methoxy groups -OCH3 is 1. The van der Waals surface area contributed by atoms with Crippen LogP contribution >= 0.6 is 0 Å². The summed E-state index contributed by atoms with van der Waals surface area (Å²) in [5.74, 6) is 1.76. The third-order valence-electron chi connectivity index (χ3n) is 5.18. The van der Waals surface area contributed by atoms with E-state index in [1.807, 2.05) is 12.1 Å². The van der Waals surface area contributed by atoms with E-state index in [9.17, 15) is 0 Å². The molecule has 1 heterocycles. The lowest BCUT2D eigenvalue weighted by Gasteiger charge is -2.38. The first-order valence-corrected chi connectivity index (χ1v) is 8.67. The van der Waals surface area contributed by atoms with Crippen molar-refractivity contribution in [1.82, 2.24) is 4.90 Å². The van der Waals surface area contributed by atoms with Crippen LogP contribution in [0.25, 0.3) is 0 Å².